The maximum atomic E-state index is 12.8. The van der Waals surface area contributed by atoms with E-state index in [1.807, 2.05) is 6.92 Å². The zero-order chi connectivity index (χ0) is 14.4. The van der Waals surface area contributed by atoms with Crippen molar-refractivity contribution < 1.29 is 13.9 Å². The number of Topliss-reactive ketones (excluding diaryl/α,β-unsaturated/α-hetero) is 1. The maximum absolute atomic E-state index is 12.8. The van der Waals surface area contributed by atoms with E-state index in [1.54, 1.807) is 24.4 Å². The number of ketones is 1. The normalized spacial score (nSPS) is 10.3. The number of hydrogen-bond acceptors (Lipinski definition) is 3. The van der Waals surface area contributed by atoms with Crippen LogP contribution in [0.15, 0.2) is 42.7 Å². The lowest BCUT2D eigenvalue weighted by atomic mass is 10.0. The third-order valence-electron chi connectivity index (χ3n) is 2.79. The molecule has 0 aliphatic heterocycles. The summed E-state index contributed by atoms with van der Waals surface area (Å²) in [5, 5.41) is 0. The van der Waals surface area contributed by atoms with Crippen LogP contribution in [0.2, 0.25) is 0 Å². The molecule has 3 nitrogen and oxygen atoms in total. The molecule has 0 atom stereocenters. The van der Waals surface area contributed by atoms with Crippen LogP contribution in [0, 0.1) is 5.82 Å². The highest BCUT2D eigenvalue weighted by molar-refractivity contribution is 5.97. The van der Waals surface area contributed by atoms with Gasteiger partial charge in [-0.2, -0.15) is 0 Å². The SMILES string of the molecule is CCCOc1cncc(C(=O)Cc2ccc(F)cc2)c1. The number of benzene rings is 1. The number of nitrogens with zero attached hydrogens (tertiary/aromatic N) is 1. The molecule has 1 heterocycles. The lowest BCUT2D eigenvalue weighted by molar-refractivity contribution is 0.0992. The van der Waals surface area contributed by atoms with Gasteiger partial charge in [-0.15, -0.1) is 0 Å². The number of carbonyl (C=O) groups excluding carboxylic acids is 1. The molecule has 1 aromatic heterocycles. The first-order valence-electron chi connectivity index (χ1n) is 6.54. The second-order valence-corrected chi connectivity index (χ2v) is 4.48. The molecular formula is C16H16FNO2. The third kappa shape index (κ3) is 3.88. The molecule has 0 unspecified atom stereocenters. The monoisotopic (exact) mass is 273 g/mol. The van der Waals surface area contributed by atoms with Crippen molar-refractivity contribution in [3.05, 3.63) is 59.7 Å². The minimum absolute atomic E-state index is 0.0638. The molecule has 20 heavy (non-hydrogen) atoms. The van der Waals surface area contributed by atoms with Gasteiger partial charge >= 0.3 is 0 Å². The molecule has 2 aromatic rings. The number of carbonyl (C=O) groups is 1. The second kappa shape index (κ2) is 6.80. The highest BCUT2D eigenvalue weighted by Crippen LogP contribution is 2.14. The Kier molecular flexibility index (Phi) is 4.82. The van der Waals surface area contributed by atoms with Crippen LogP contribution in [-0.2, 0) is 6.42 Å². The molecule has 104 valence electrons. The first-order valence-corrected chi connectivity index (χ1v) is 6.54. The van der Waals surface area contributed by atoms with Gasteiger partial charge in [-0.3, -0.25) is 9.78 Å². The molecule has 0 saturated heterocycles. The van der Waals surface area contributed by atoms with Crippen LogP contribution in [0.25, 0.3) is 0 Å². The van der Waals surface area contributed by atoms with E-state index in [4.69, 9.17) is 4.74 Å². The Morgan fingerprint density at radius 2 is 2.00 bits per heavy atom. The number of rotatable bonds is 6. The van der Waals surface area contributed by atoms with Crippen molar-refractivity contribution >= 4 is 5.78 Å². The molecule has 2 rings (SSSR count). The molecule has 0 N–H and O–H groups in total. The predicted molar refractivity (Wildman–Crippen MR) is 74.5 cm³/mol. The average Bonchev–Trinajstić information content (AvgIpc) is 2.48. The van der Waals surface area contributed by atoms with Gasteiger partial charge in [0.15, 0.2) is 5.78 Å². The standard InChI is InChI=1S/C16H16FNO2/c1-2-7-20-15-9-13(10-18-11-15)16(19)8-12-3-5-14(17)6-4-12/h3-6,9-11H,2,7-8H2,1H3. The van der Waals surface area contributed by atoms with Gasteiger partial charge in [0.25, 0.3) is 0 Å². The number of ether oxygens (including phenoxy) is 1. The van der Waals surface area contributed by atoms with Crippen LogP contribution < -0.4 is 4.74 Å². The highest BCUT2D eigenvalue weighted by Gasteiger charge is 2.09. The second-order valence-electron chi connectivity index (χ2n) is 4.48. The van der Waals surface area contributed by atoms with Gasteiger partial charge in [-0.1, -0.05) is 19.1 Å². The van der Waals surface area contributed by atoms with Crippen molar-refractivity contribution in [1.82, 2.24) is 4.98 Å². The predicted octanol–water partition coefficient (Wildman–Crippen LogP) is 3.43. The van der Waals surface area contributed by atoms with Crippen molar-refractivity contribution in [3.8, 4) is 5.75 Å². The van der Waals surface area contributed by atoms with Crippen LogP contribution in [0.1, 0.15) is 29.3 Å². The fourth-order valence-corrected chi connectivity index (χ4v) is 1.76. The Balaban J connectivity index is 2.06. The van der Waals surface area contributed by atoms with Gasteiger partial charge in [-0.05, 0) is 30.2 Å². The summed E-state index contributed by atoms with van der Waals surface area (Å²) < 4.78 is 18.3. The van der Waals surface area contributed by atoms with E-state index in [2.05, 4.69) is 4.98 Å². The van der Waals surface area contributed by atoms with Gasteiger partial charge in [0, 0.05) is 18.2 Å². The zero-order valence-electron chi connectivity index (χ0n) is 11.3. The van der Waals surface area contributed by atoms with Crippen LogP contribution in [0.3, 0.4) is 0 Å². The van der Waals surface area contributed by atoms with Crippen molar-refractivity contribution in [2.45, 2.75) is 19.8 Å². The summed E-state index contributed by atoms with van der Waals surface area (Å²) in [4.78, 5) is 16.1. The number of aromatic nitrogens is 1. The van der Waals surface area contributed by atoms with Gasteiger partial charge in [0.2, 0.25) is 0 Å². The average molecular weight is 273 g/mol. The summed E-state index contributed by atoms with van der Waals surface area (Å²) in [5.41, 5.74) is 1.28. The number of pyridine rings is 1. The van der Waals surface area contributed by atoms with Crippen molar-refractivity contribution in [3.63, 3.8) is 0 Å². The molecule has 0 radical (unpaired) electrons. The third-order valence-corrected chi connectivity index (χ3v) is 2.79. The molecule has 0 aliphatic carbocycles. The molecule has 1 aromatic carbocycles. The summed E-state index contributed by atoms with van der Waals surface area (Å²) in [6.07, 6.45) is 4.22. The van der Waals surface area contributed by atoms with Gasteiger partial charge < -0.3 is 4.74 Å². The Morgan fingerprint density at radius 3 is 2.70 bits per heavy atom. The number of halogens is 1. The lowest BCUT2D eigenvalue weighted by Crippen LogP contribution is -2.05. The van der Waals surface area contributed by atoms with Crippen LogP contribution >= 0.6 is 0 Å². The Hall–Kier alpha value is -2.23. The van der Waals surface area contributed by atoms with E-state index in [-0.39, 0.29) is 18.0 Å². The molecule has 0 fully saturated rings. The minimum Gasteiger partial charge on any atom is -0.492 e. The van der Waals surface area contributed by atoms with Crippen LogP contribution in [-0.4, -0.2) is 17.4 Å². The van der Waals surface area contributed by atoms with Crippen molar-refractivity contribution in [2.75, 3.05) is 6.61 Å². The van der Waals surface area contributed by atoms with Crippen LogP contribution in [0.4, 0.5) is 4.39 Å². The molecule has 4 heteroatoms. The molecule has 0 aliphatic rings. The fourth-order valence-electron chi connectivity index (χ4n) is 1.76. The fraction of sp³-hybridized carbons (Fsp3) is 0.250. The summed E-state index contributed by atoms with van der Waals surface area (Å²) in [7, 11) is 0. The van der Waals surface area contributed by atoms with Crippen molar-refractivity contribution in [2.24, 2.45) is 0 Å². The Bertz CT molecular complexity index is 581. The lowest BCUT2D eigenvalue weighted by Gasteiger charge is -2.06. The van der Waals surface area contributed by atoms with Crippen LogP contribution in [0.5, 0.6) is 5.75 Å². The first-order chi connectivity index (χ1) is 9.69. The maximum Gasteiger partial charge on any atom is 0.168 e. The van der Waals surface area contributed by atoms with E-state index >= 15 is 0 Å². The molecule has 0 saturated carbocycles. The molecule has 0 spiro atoms. The minimum atomic E-state index is -0.308. The highest BCUT2D eigenvalue weighted by atomic mass is 19.1. The zero-order valence-corrected chi connectivity index (χ0v) is 11.3. The Labute approximate surface area is 117 Å². The summed E-state index contributed by atoms with van der Waals surface area (Å²) in [5.74, 6) is 0.223. The number of hydrogen-bond donors (Lipinski definition) is 0. The first kappa shape index (κ1) is 14.2. The van der Waals surface area contributed by atoms with Crippen molar-refractivity contribution in [1.29, 1.82) is 0 Å². The van der Waals surface area contributed by atoms with E-state index < -0.39 is 0 Å². The van der Waals surface area contributed by atoms with E-state index in [1.165, 1.54) is 18.3 Å². The molecular weight excluding hydrogens is 257 g/mol. The van der Waals surface area contributed by atoms with Gasteiger partial charge in [0.05, 0.1) is 12.8 Å². The van der Waals surface area contributed by atoms with E-state index in [9.17, 15) is 9.18 Å². The summed E-state index contributed by atoms with van der Waals surface area (Å²) in [6.45, 7) is 2.61. The summed E-state index contributed by atoms with van der Waals surface area (Å²) in [6, 6.07) is 7.61. The largest absolute Gasteiger partial charge is 0.492 e. The van der Waals surface area contributed by atoms with Gasteiger partial charge in [-0.25, -0.2) is 4.39 Å². The smallest absolute Gasteiger partial charge is 0.168 e. The topological polar surface area (TPSA) is 39.2 Å². The molecule has 0 amide bonds. The Morgan fingerprint density at radius 1 is 1.25 bits per heavy atom. The van der Waals surface area contributed by atoms with Gasteiger partial charge in [0.1, 0.15) is 11.6 Å². The van der Waals surface area contributed by atoms with E-state index in [0.717, 1.165) is 12.0 Å². The quantitative estimate of drug-likeness (QED) is 0.757. The molecule has 0 bridgehead atoms. The summed E-state index contributed by atoms with van der Waals surface area (Å²) >= 11 is 0. The van der Waals surface area contributed by atoms with E-state index in [0.29, 0.717) is 17.9 Å².